The Bertz CT molecular complexity index is 305. The number of unbranched alkanes of at least 4 members (excludes halogenated alkanes) is 3. The Kier molecular flexibility index (Phi) is 12.3. The van der Waals surface area contributed by atoms with Gasteiger partial charge in [0.25, 0.3) is 0 Å². The minimum absolute atomic E-state index is 0.252. The zero-order chi connectivity index (χ0) is 16.8. The number of carbonyl (C=O) groups excluding carboxylic acids is 1. The number of hydrogen-bond donors (Lipinski definition) is 1. The van der Waals surface area contributed by atoms with Crippen molar-refractivity contribution >= 4 is 12.3 Å². The fourth-order valence-corrected chi connectivity index (χ4v) is 2.43. The average molecular weight is 318 g/mol. The average Bonchev–Trinajstić information content (AvgIpc) is 2.49. The van der Waals surface area contributed by atoms with E-state index in [2.05, 4.69) is 30.5 Å². The maximum atomic E-state index is 11.4. The van der Waals surface area contributed by atoms with Gasteiger partial charge in [-0.2, -0.15) is 9.68 Å². The number of carbonyl (C=O) groups is 2. The highest BCUT2D eigenvalue weighted by atomic mass is 17.3. The molecule has 0 bridgehead atoms. The van der Waals surface area contributed by atoms with Crippen LogP contribution in [0, 0.1) is 5.92 Å². The van der Waals surface area contributed by atoms with Gasteiger partial charge in [-0.1, -0.05) is 59.3 Å². The lowest BCUT2D eigenvalue weighted by Gasteiger charge is -2.22. The Morgan fingerprint density at radius 3 is 2.18 bits per heavy atom. The van der Waals surface area contributed by atoms with Crippen LogP contribution in [0.4, 0.5) is 9.59 Å². The molecular formula is C16H30O6. The normalized spacial score (nSPS) is 13.2. The summed E-state index contributed by atoms with van der Waals surface area (Å²) in [5, 5.41) is 8.30. The van der Waals surface area contributed by atoms with Crippen LogP contribution in [-0.2, 0) is 14.5 Å². The molecule has 2 atom stereocenters. The molecule has 0 heterocycles. The molecule has 0 saturated carbocycles. The molecule has 0 fully saturated rings. The highest BCUT2D eigenvalue weighted by Crippen LogP contribution is 2.23. The maximum absolute atomic E-state index is 11.4. The molecule has 0 aromatic carbocycles. The van der Waals surface area contributed by atoms with Gasteiger partial charge in [-0.25, -0.2) is 9.68 Å². The number of rotatable bonds is 11. The van der Waals surface area contributed by atoms with E-state index in [1.54, 1.807) is 0 Å². The first-order chi connectivity index (χ1) is 10.5. The molecule has 0 aliphatic heterocycles. The van der Waals surface area contributed by atoms with Crippen LogP contribution in [0.25, 0.3) is 0 Å². The summed E-state index contributed by atoms with van der Waals surface area (Å²) in [6.07, 6.45) is 6.12. The zero-order valence-electron chi connectivity index (χ0n) is 14.0. The Balaban J connectivity index is 4.38. The molecule has 0 radical (unpaired) electrons. The zero-order valence-corrected chi connectivity index (χ0v) is 14.0. The van der Waals surface area contributed by atoms with Crippen molar-refractivity contribution in [3.05, 3.63) is 0 Å². The molecule has 130 valence electrons. The van der Waals surface area contributed by atoms with E-state index < -0.39 is 12.3 Å². The van der Waals surface area contributed by atoms with Crippen molar-refractivity contribution in [2.24, 2.45) is 5.92 Å². The molecule has 1 N–H and O–H groups in total. The summed E-state index contributed by atoms with van der Waals surface area (Å²) in [6, 6.07) is 0. The summed E-state index contributed by atoms with van der Waals surface area (Å²) in [7, 11) is 0. The maximum Gasteiger partial charge on any atom is 0.550 e. The van der Waals surface area contributed by atoms with E-state index in [1.165, 1.54) is 0 Å². The van der Waals surface area contributed by atoms with Crippen LogP contribution in [0.2, 0.25) is 0 Å². The molecule has 0 rings (SSSR count). The first kappa shape index (κ1) is 20.5. The third-order valence-electron chi connectivity index (χ3n) is 3.71. The smallest absolute Gasteiger partial charge is 0.447 e. The second-order valence-electron chi connectivity index (χ2n) is 5.57. The lowest BCUT2D eigenvalue weighted by atomic mass is 9.91. The van der Waals surface area contributed by atoms with Crippen LogP contribution in [0.15, 0.2) is 0 Å². The van der Waals surface area contributed by atoms with E-state index in [-0.39, 0.29) is 6.10 Å². The Morgan fingerprint density at radius 1 is 0.955 bits per heavy atom. The fourth-order valence-electron chi connectivity index (χ4n) is 2.43. The van der Waals surface area contributed by atoms with Crippen molar-refractivity contribution in [3.63, 3.8) is 0 Å². The molecular weight excluding hydrogens is 288 g/mol. The van der Waals surface area contributed by atoms with Crippen molar-refractivity contribution in [2.45, 2.75) is 84.7 Å². The molecule has 0 spiro atoms. The molecule has 0 amide bonds. The van der Waals surface area contributed by atoms with Crippen molar-refractivity contribution < 1.29 is 29.2 Å². The fraction of sp³-hybridized carbons (Fsp3) is 0.875. The third-order valence-corrected chi connectivity index (χ3v) is 3.71. The first-order valence-corrected chi connectivity index (χ1v) is 8.31. The topological polar surface area (TPSA) is 82.1 Å². The van der Waals surface area contributed by atoms with Gasteiger partial charge < -0.3 is 9.84 Å². The van der Waals surface area contributed by atoms with Crippen LogP contribution in [-0.4, -0.2) is 23.5 Å². The molecule has 0 aliphatic carbocycles. The van der Waals surface area contributed by atoms with Gasteiger partial charge in [0.15, 0.2) is 0 Å². The lowest BCUT2D eigenvalue weighted by molar-refractivity contribution is -0.217. The highest BCUT2D eigenvalue weighted by molar-refractivity contribution is 5.62. The van der Waals surface area contributed by atoms with Crippen LogP contribution in [0.1, 0.15) is 78.6 Å². The SMILES string of the molecule is CCCCCC(CC(CC)CCCC)OC(=O)OOC(=O)O. The van der Waals surface area contributed by atoms with Crippen molar-refractivity contribution in [1.29, 1.82) is 0 Å². The minimum Gasteiger partial charge on any atom is -0.447 e. The molecule has 6 heteroatoms. The van der Waals surface area contributed by atoms with Crippen LogP contribution in [0.3, 0.4) is 0 Å². The summed E-state index contributed by atoms with van der Waals surface area (Å²) in [5.41, 5.74) is 0. The van der Waals surface area contributed by atoms with Crippen LogP contribution >= 0.6 is 0 Å². The van der Waals surface area contributed by atoms with Gasteiger partial charge in [0.2, 0.25) is 0 Å². The van der Waals surface area contributed by atoms with Crippen LogP contribution in [0.5, 0.6) is 0 Å². The Morgan fingerprint density at radius 2 is 1.64 bits per heavy atom. The van der Waals surface area contributed by atoms with Gasteiger partial charge in [0, 0.05) is 0 Å². The molecule has 0 aromatic heterocycles. The van der Waals surface area contributed by atoms with Crippen molar-refractivity contribution in [3.8, 4) is 0 Å². The van der Waals surface area contributed by atoms with E-state index in [4.69, 9.17) is 9.84 Å². The van der Waals surface area contributed by atoms with E-state index in [1.807, 2.05) is 0 Å². The van der Waals surface area contributed by atoms with Gasteiger partial charge in [-0.15, -0.1) is 0 Å². The summed E-state index contributed by atoms with van der Waals surface area (Å²) < 4.78 is 5.21. The van der Waals surface area contributed by atoms with Crippen LogP contribution < -0.4 is 0 Å². The largest absolute Gasteiger partial charge is 0.550 e. The van der Waals surface area contributed by atoms with Gasteiger partial charge in [0.1, 0.15) is 6.10 Å². The molecule has 2 unspecified atom stereocenters. The number of carboxylic acid groups (broad SMARTS) is 1. The standard InChI is InChI=1S/C16H30O6/c1-4-7-9-11-14(12-13(6-3)10-8-5-2)20-16(19)22-21-15(17)18/h13-14H,4-12H2,1-3H3,(H,17,18). The highest BCUT2D eigenvalue weighted by Gasteiger charge is 2.21. The predicted octanol–water partition coefficient (Wildman–Crippen LogP) is 5.30. The monoisotopic (exact) mass is 318 g/mol. The van der Waals surface area contributed by atoms with Gasteiger partial charge in [0.05, 0.1) is 0 Å². The van der Waals surface area contributed by atoms with E-state index in [0.29, 0.717) is 5.92 Å². The Labute approximate surface area is 133 Å². The van der Waals surface area contributed by atoms with Gasteiger partial charge in [-0.3, -0.25) is 0 Å². The first-order valence-electron chi connectivity index (χ1n) is 8.31. The molecule has 22 heavy (non-hydrogen) atoms. The molecule has 6 nitrogen and oxygen atoms in total. The van der Waals surface area contributed by atoms with Crippen molar-refractivity contribution in [2.75, 3.05) is 0 Å². The Hall–Kier alpha value is -1.46. The molecule has 0 aliphatic rings. The quantitative estimate of drug-likeness (QED) is 0.241. The second-order valence-corrected chi connectivity index (χ2v) is 5.57. The third kappa shape index (κ3) is 11.2. The lowest BCUT2D eigenvalue weighted by Crippen LogP contribution is -2.23. The predicted molar refractivity (Wildman–Crippen MR) is 82.5 cm³/mol. The summed E-state index contributed by atoms with van der Waals surface area (Å²) in [5.74, 6) is 0.500. The van der Waals surface area contributed by atoms with Crippen molar-refractivity contribution in [1.82, 2.24) is 0 Å². The van der Waals surface area contributed by atoms with E-state index >= 15 is 0 Å². The van der Waals surface area contributed by atoms with Gasteiger partial charge >= 0.3 is 12.3 Å². The number of ether oxygens (including phenoxy) is 1. The summed E-state index contributed by atoms with van der Waals surface area (Å²) in [4.78, 5) is 29.5. The summed E-state index contributed by atoms with van der Waals surface area (Å²) >= 11 is 0. The molecule has 0 saturated heterocycles. The van der Waals surface area contributed by atoms with E-state index in [9.17, 15) is 9.59 Å². The molecule has 0 aromatic rings. The van der Waals surface area contributed by atoms with Gasteiger partial charge in [-0.05, 0) is 25.2 Å². The summed E-state index contributed by atoms with van der Waals surface area (Å²) in [6.45, 7) is 6.40. The van der Waals surface area contributed by atoms with E-state index in [0.717, 1.165) is 57.8 Å². The minimum atomic E-state index is -1.67. The number of hydrogen-bond acceptors (Lipinski definition) is 5. The second kappa shape index (κ2) is 13.2.